The van der Waals surface area contributed by atoms with Crippen molar-refractivity contribution in [1.29, 1.82) is 0 Å². The number of nitrogens with zero attached hydrogens (tertiary/aromatic N) is 1. The molecule has 2 N–H and O–H groups in total. The highest BCUT2D eigenvalue weighted by atomic mass is 32.1. The van der Waals surface area contributed by atoms with Gasteiger partial charge in [-0.25, -0.2) is 0 Å². The molecule has 1 aromatic carbocycles. The first-order valence-electron chi connectivity index (χ1n) is 7.71. The van der Waals surface area contributed by atoms with Crippen LogP contribution in [0.3, 0.4) is 0 Å². The number of hydrogen-bond acceptors (Lipinski definition) is 4. The second kappa shape index (κ2) is 7.03. The van der Waals surface area contributed by atoms with Gasteiger partial charge in [-0.2, -0.15) is 4.37 Å². The van der Waals surface area contributed by atoms with Gasteiger partial charge in [0, 0.05) is 0 Å². The van der Waals surface area contributed by atoms with Gasteiger partial charge in [-0.3, -0.25) is 4.79 Å². The fraction of sp³-hybridized carbons (Fsp3) is 0.412. The maximum atomic E-state index is 12.0. The fourth-order valence-electron chi connectivity index (χ4n) is 2.80. The van der Waals surface area contributed by atoms with Crippen molar-refractivity contribution in [2.75, 3.05) is 18.4 Å². The topological polar surface area (TPSA) is 54.0 Å². The number of carbonyl (C=O) groups is 1. The first-order valence-corrected chi connectivity index (χ1v) is 8.48. The largest absolute Gasteiger partial charge is 0.316 e. The lowest BCUT2D eigenvalue weighted by Gasteiger charge is -2.09. The summed E-state index contributed by atoms with van der Waals surface area (Å²) < 4.78 is 4.16. The average Bonchev–Trinajstić information content (AvgIpc) is 3.13. The van der Waals surface area contributed by atoms with Crippen LogP contribution in [0.4, 0.5) is 5.00 Å². The van der Waals surface area contributed by atoms with Crippen LogP contribution in [0.1, 0.15) is 23.2 Å². The number of benzene rings is 1. The van der Waals surface area contributed by atoms with Gasteiger partial charge >= 0.3 is 0 Å². The van der Waals surface area contributed by atoms with Crippen LogP contribution in [0.15, 0.2) is 30.3 Å². The highest BCUT2D eigenvalue weighted by Crippen LogP contribution is 2.17. The molecule has 2 heterocycles. The van der Waals surface area contributed by atoms with Crippen LogP contribution in [0.2, 0.25) is 0 Å². The molecule has 1 atom stereocenters. The van der Waals surface area contributed by atoms with Gasteiger partial charge in [0.05, 0.1) is 12.1 Å². The standard InChI is InChI=1S/C17H21N3OS/c1-12-8-17(22-20-12)19-16(21)10-14-4-2-13(3-5-14)9-15-6-7-18-11-15/h2-5,8,15,18H,6-7,9-11H2,1H3,(H,19,21). The third kappa shape index (κ3) is 4.15. The summed E-state index contributed by atoms with van der Waals surface area (Å²) >= 11 is 1.32. The maximum absolute atomic E-state index is 12.0. The van der Waals surface area contributed by atoms with Gasteiger partial charge in [0.1, 0.15) is 5.00 Å². The lowest BCUT2D eigenvalue weighted by atomic mass is 9.97. The molecule has 3 rings (SSSR count). The Labute approximate surface area is 135 Å². The normalized spacial score (nSPS) is 17.6. The van der Waals surface area contributed by atoms with Crippen molar-refractivity contribution in [3.63, 3.8) is 0 Å². The maximum Gasteiger partial charge on any atom is 0.229 e. The zero-order valence-electron chi connectivity index (χ0n) is 12.8. The molecule has 1 fully saturated rings. The molecule has 1 amide bonds. The number of rotatable bonds is 5. The zero-order valence-corrected chi connectivity index (χ0v) is 13.6. The Bertz CT molecular complexity index is 630. The Morgan fingerprint density at radius 3 is 2.77 bits per heavy atom. The van der Waals surface area contributed by atoms with E-state index in [4.69, 9.17) is 0 Å². The van der Waals surface area contributed by atoms with E-state index in [0.717, 1.165) is 41.7 Å². The Balaban J connectivity index is 1.52. The monoisotopic (exact) mass is 315 g/mol. The molecule has 0 radical (unpaired) electrons. The highest BCUT2D eigenvalue weighted by Gasteiger charge is 2.14. The summed E-state index contributed by atoms with van der Waals surface area (Å²) in [6.07, 6.45) is 2.79. The molecule has 1 aromatic heterocycles. The van der Waals surface area contributed by atoms with E-state index in [1.165, 1.54) is 23.5 Å². The molecule has 1 aliphatic rings. The molecule has 5 heteroatoms. The summed E-state index contributed by atoms with van der Waals surface area (Å²) in [5, 5.41) is 7.10. The minimum Gasteiger partial charge on any atom is -0.316 e. The van der Waals surface area contributed by atoms with Crippen LogP contribution in [-0.4, -0.2) is 23.4 Å². The Morgan fingerprint density at radius 2 is 2.14 bits per heavy atom. The van der Waals surface area contributed by atoms with E-state index in [0.29, 0.717) is 6.42 Å². The van der Waals surface area contributed by atoms with Crippen molar-refractivity contribution in [3.8, 4) is 0 Å². The minimum atomic E-state index is 0.0105. The van der Waals surface area contributed by atoms with E-state index in [-0.39, 0.29) is 5.91 Å². The molecule has 1 unspecified atom stereocenters. The van der Waals surface area contributed by atoms with Crippen LogP contribution in [-0.2, 0) is 17.6 Å². The molecule has 0 bridgehead atoms. The van der Waals surface area contributed by atoms with Gasteiger partial charge in [0.2, 0.25) is 5.91 Å². The number of carbonyl (C=O) groups excluding carboxylic acids is 1. The predicted octanol–water partition coefficient (Wildman–Crippen LogP) is 2.78. The van der Waals surface area contributed by atoms with Crippen molar-refractivity contribution in [3.05, 3.63) is 47.2 Å². The summed E-state index contributed by atoms with van der Waals surface area (Å²) in [5.74, 6) is 0.764. The predicted molar refractivity (Wildman–Crippen MR) is 90.3 cm³/mol. The lowest BCUT2D eigenvalue weighted by Crippen LogP contribution is -2.13. The van der Waals surface area contributed by atoms with E-state index >= 15 is 0 Å². The van der Waals surface area contributed by atoms with E-state index in [1.807, 2.05) is 13.0 Å². The van der Waals surface area contributed by atoms with Crippen LogP contribution in [0.25, 0.3) is 0 Å². The highest BCUT2D eigenvalue weighted by molar-refractivity contribution is 7.10. The number of amides is 1. The number of anilines is 1. The van der Waals surface area contributed by atoms with Crippen molar-refractivity contribution in [1.82, 2.24) is 9.69 Å². The molecule has 0 spiro atoms. The van der Waals surface area contributed by atoms with Gasteiger partial charge in [0.15, 0.2) is 0 Å². The van der Waals surface area contributed by atoms with Gasteiger partial charge in [0.25, 0.3) is 0 Å². The van der Waals surface area contributed by atoms with Crippen molar-refractivity contribution in [2.24, 2.45) is 5.92 Å². The van der Waals surface area contributed by atoms with E-state index in [2.05, 4.69) is 39.3 Å². The molecular formula is C17H21N3OS. The third-order valence-corrected chi connectivity index (χ3v) is 4.76. The van der Waals surface area contributed by atoms with Crippen molar-refractivity contribution < 1.29 is 4.79 Å². The first-order chi connectivity index (χ1) is 10.7. The summed E-state index contributed by atoms with van der Waals surface area (Å²) in [7, 11) is 0. The van der Waals surface area contributed by atoms with Gasteiger partial charge < -0.3 is 10.6 Å². The SMILES string of the molecule is Cc1cc(NC(=O)Cc2ccc(CC3CCNC3)cc2)sn1. The molecule has 22 heavy (non-hydrogen) atoms. The van der Waals surface area contributed by atoms with E-state index in [9.17, 15) is 4.79 Å². The van der Waals surface area contributed by atoms with Crippen LogP contribution >= 0.6 is 11.5 Å². The minimum absolute atomic E-state index is 0.0105. The number of nitrogens with one attached hydrogen (secondary N) is 2. The average molecular weight is 315 g/mol. The second-order valence-electron chi connectivity index (χ2n) is 5.94. The Kier molecular flexibility index (Phi) is 4.85. The van der Waals surface area contributed by atoms with Crippen LogP contribution < -0.4 is 10.6 Å². The molecule has 116 valence electrons. The molecule has 0 aliphatic carbocycles. The summed E-state index contributed by atoms with van der Waals surface area (Å²) in [5.41, 5.74) is 3.34. The van der Waals surface area contributed by atoms with E-state index in [1.54, 1.807) is 0 Å². The van der Waals surface area contributed by atoms with E-state index < -0.39 is 0 Å². The summed E-state index contributed by atoms with van der Waals surface area (Å²) in [4.78, 5) is 12.0. The third-order valence-electron chi connectivity index (χ3n) is 3.96. The molecule has 1 saturated heterocycles. The molecule has 1 aliphatic heterocycles. The smallest absolute Gasteiger partial charge is 0.229 e. The van der Waals surface area contributed by atoms with Gasteiger partial charge in [-0.15, -0.1) is 0 Å². The number of hydrogen-bond donors (Lipinski definition) is 2. The molecule has 4 nitrogen and oxygen atoms in total. The lowest BCUT2D eigenvalue weighted by molar-refractivity contribution is -0.115. The van der Waals surface area contributed by atoms with Crippen molar-refractivity contribution in [2.45, 2.75) is 26.2 Å². The molecular weight excluding hydrogens is 294 g/mol. The Hall–Kier alpha value is -1.72. The van der Waals surface area contributed by atoms with Gasteiger partial charge in [-0.05, 0) is 67.5 Å². The zero-order chi connectivity index (χ0) is 15.4. The summed E-state index contributed by atoms with van der Waals surface area (Å²) in [6.45, 7) is 4.18. The fourth-order valence-corrected chi connectivity index (χ4v) is 3.48. The van der Waals surface area contributed by atoms with Gasteiger partial charge in [-0.1, -0.05) is 24.3 Å². The van der Waals surface area contributed by atoms with Crippen LogP contribution in [0, 0.1) is 12.8 Å². The number of aryl methyl sites for hydroxylation is 1. The second-order valence-corrected chi connectivity index (χ2v) is 6.74. The molecule has 0 saturated carbocycles. The first kappa shape index (κ1) is 15.2. The van der Waals surface area contributed by atoms with Crippen molar-refractivity contribution >= 4 is 22.4 Å². The molecule has 2 aromatic rings. The Morgan fingerprint density at radius 1 is 1.36 bits per heavy atom. The van der Waals surface area contributed by atoms with Crippen LogP contribution in [0.5, 0.6) is 0 Å². The quantitative estimate of drug-likeness (QED) is 0.892. The summed E-state index contributed by atoms with van der Waals surface area (Å²) in [6, 6.07) is 10.3. The number of aromatic nitrogens is 1.